The molecule has 4 nitrogen and oxygen atoms in total. The van der Waals surface area contributed by atoms with Gasteiger partial charge in [0.25, 0.3) is 0 Å². The minimum absolute atomic E-state index is 0.700. The molecule has 4 heteroatoms. The molecule has 0 saturated heterocycles. The number of hydrogen-bond donors (Lipinski definition) is 2. The zero-order valence-electron chi connectivity index (χ0n) is 11.7. The molecule has 4 bridgehead atoms. The molecule has 4 saturated carbocycles. The number of aromatic amines is 1. The highest BCUT2D eigenvalue weighted by Gasteiger charge is 2.48. The van der Waals surface area contributed by atoms with E-state index in [4.69, 9.17) is 5.73 Å². The number of hydrogen-bond acceptors (Lipinski definition) is 3. The fourth-order valence-corrected chi connectivity index (χ4v) is 5.34. The van der Waals surface area contributed by atoms with Gasteiger partial charge in [0.1, 0.15) is 5.82 Å². The van der Waals surface area contributed by atoms with Gasteiger partial charge in [-0.3, -0.25) is 5.10 Å². The first kappa shape index (κ1) is 11.6. The Balaban J connectivity index is 1.50. The third-order valence-electron chi connectivity index (χ3n) is 5.97. The lowest BCUT2D eigenvalue weighted by Crippen LogP contribution is -2.48. The third kappa shape index (κ3) is 1.84. The quantitative estimate of drug-likeness (QED) is 0.878. The van der Waals surface area contributed by atoms with Crippen molar-refractivity contribution in [3.05, 3.63) is 6.20 Å². The number of H-pyrrole nitrogens is 1. The molecular formula is C15H24N4. The van der Waals surface area contributed by atoms with Crippen LogP contribution in [-0.2, 0) is 0 Å². The Morgan fingerprint density at radius 2 is 1.84 bits per heavy atom. The molecule has 1 heterocycles. The molecule has 0 spiro atoms. The number of anilines is 2. The first-order valence-electron chi connectivity index (χ1n) is 7.70. The maximum atomic E-state index is 5.93. The number of nitrogens with zero attached hydrogens (tertiary/aromatic N) is 2. The van der Waals surface area contributed by atoms with E-state index >= 15 is 0 Å². The average Bonchev–Trinajstić information content (AvgIpc) is 2.79. The SMILES string of the molecule is CN(CC1C2CC3CC(C2)CC1C3)c1cn[nH]c1N. The van der Waals surface area contributed by atoms with Gasteiger partial charge in [-0.1, -0.05) is 0 Å². The van der Waals surface area contributed by atoms with Crippen LogP contribution in [-0.4, -0.2) is 23.8 Å². The van der Waals surface area contributed by atoms with E-state index in [1.807, 2.05) is 6.20 Å². The summed E-state index contributed by atoms with van der Waals surface area (Å²) in [6.45, 7) is 1.15. The van der Waals surface area contributed by atoms with Gasteiger partial charge in [0, 0.05) is 13.6 Å². The monoisotopic (exact) mass is 260 g/mol. The highest BCUT2D eigenvalue weighted by Crippen LogP contribution is 2.56. The molecule has 5 rings (SSSR count). The summed E-state index contributed by atoms with van der Waals surface area (Å²) >= 11 is 0. The van der Waals surface area contributed by atoms with Crippen LogP contribution < -0.4 is 10.6 Å². The summed E-state index contributed by atoms with van der Waals surface area (Å²) in [7, 11) is 2.16. The van der Waals surface area contributed by atoms with Crippen molar-refractivity contribution in [2.24, 2.45) is 29.6 Å². The summed E-state index contributed by atoms with van der Waals surface area (Å²) in [5, 5.41) is 6.87. The molecule has 1 aromatic rings. The molecule has 0 radical (unpaired) electrons. The van der Waals surface area contributed by atoms with E-state index in [9.17, 15) is 0 Å². The van der Waals surface area contributed by atoms with Gasteiger partial charge < -0.3 is 10.6 Å². The number of nitrogen functional groups attached to an aromatic ring is 1. The summed E-state index contributed by atoms with van der Waals surface area (Å²) in [6.07, 6.45) is 9.35. The van der Waals surface area contributed by atoms with Crippen molar-refractivity contribution in [2.75, 3.05) is 24.2 Å². The van der Waals surface area contributed by atoms with Gasteiger partial charge in [-0.15, -0.1) is 0 Å². The lowest BCUT2D eigenvalue weighted by molar-refractivity contribution is -0.0325. The van der Waals surface area contributed by atoms with Crippen LogP contribution in [0.2, 0.25) is 0 Å². The van der Waals surface area contributed by atoms with Crippen molar-refractivity contribution in [3.63, 3.8) is 0 Å². The van der Waals surface area contributed by atoms with Crippen LogP contribution in [0.5, 0.6) is 0 Å². The summed E-state index contributed by atoms with van der Waals surface area (Å²) in [5.74, 6) is 5.66. The second kappa shape index (κ2) is 4.15. The lowest BCUT2D eigenvalue weighted by Gasteiger charge is -2.55. The standard InChI is InChI=1S/C15H24N4/c1-19(14-7-17-18-15(14)16)8-13-11-3-9-2-10(5-11)6-12(13)4-9/h7,9-13H,2-6,8H2,1H3,(H3,16,17,18). The van der Waals surface area contributed by atoms with Crippen LogP contribution in [0.4, 0.5) is 11.5 Å². The molecule has 4 fully saturated rings. The van der Waals surface area contributed by atoms with Gasteiger partial charge in [0.15, 0.2) is 0 Å². The molecule has 0 amide bonds. The van der Waals surface area contributed by atoms with Gasteiger partial charge in [-0.05, 0) is 61.7 Å². The Hall–Kier alpha value is -1.19. The van der Waals surface area contributed by atoms with Crippen LogP contribution in [0.1, 0.15) is 32.1 Å². The van der Waals surface area contributed by atoms with Crippen molar-refractivity contribution >= 4 is 11.5 Å². The highest BCUT2D eigenvalue weighted by molar-refractivity contribution is 5.61. The van der Waals surface area contributed by atoms with E-state index in [1.165, 1.54) is 32.1 Å². The molecule has 19 heavy (non-hydrogen) atoms. The maximum absolute atomic E-state index is 5.93. The third-order valence-corrected chi connectivity index (χ3v) is 5.97. The van der Waals surface area contributed by atoms with Gasteiger partial charge in [-0.25, -0.2) is 0 Å². The van der Waals surface area contributed by atoms with E-state index in [-0.39, 0.29) is 0 Å². The Kier molecular flexibility index (Phi) is 2.54. The van der Waals surface area contributed by atoms with Crippen LogP contribution >= 0.6 is 0 Å². The number of nitrogens with one attached hydrogen (secondary N) is 1. The second-order valence-corrected chi connectivity index (χ2v) is 7.14. The number of rotatable bonds is 3. The van der Waals surface area contributed by atoms with Gasteiger partial charge in [0.2, 0.25) is 0 Å². The summed E-state index contributed by atoms with van der Waals surface area (Å²) in [4.78, 5) is 2.31. The molecule has 1 aromatic heterocycles. The molecule has 0 aromatic carbocycles. The van der Waals surface area contributed by atoms with Crippen molar-refractivity contribution in [1.82, 2.24) is 10.2 Å². The maximum Gasteiger partial charge on any atom is 0.142 e. The van der Waals surface area contributed by atoms with Crippen LogP contribution in [0.25, 0.3) is 0 Å². The van der Waals surface area contributed by atoms with Gasteiger partial charge in [-0.2, -0.15) is 5.10 Å². The highest BCUT2D eigenvalue weighted by atomic mass is 15.2. The minimum Gasteiger partial charge on any atom is -0.382 e. The lowest BCUT2D eigenvalue weighted by atomic mass is 9.52. The smallest absolute Gasteiger partial charge is 0.142 e. The van der Waals surface area contributed by atoms with E-state index in [2.05, 4.69) is 22.1 Å². The first-order chi connectivity index (χ1) is 9.20. The van der Waals surface area contributed by atoms with E-state index < -0.39 is 0 Å². The largest absolute Gasteiger partial charge is 0.382 e. The normalized spacial score (nSPS) is 39.7. The summed E-state index contributed by atoms with van der Waals surface area (Å²) in [5.41, 5.74) is 7.00. The average molecular weight is 260 g/mol. The van der Waals surface area contributed by atoms with E-state index in [1.54, 1.807) is 0 Å². The molecule has 104 valence electrons. The molecule has 4 aliphatic carbocycles. The second-order valence-electron chi connectivity index (χ2n) is 7.14. The van der Waals surface area contributed by atoms with Gasteiger partial charge in [0.05, 0.1) is 11.9 Å². The molecular weight excluding hydrogens is 236 g/mol. The van der Waals surface area contributed by atoms with Crippen molar-refractivity contribution in [2.45, 2.75) is 32.1 Å². The molecule has 4 aliphatic rings. The summed E-state index contributed by atoms with van der Waals surface area (Å²) < 4.78 is 0. The van der Waals surface area contributed by atoms with Crippen LogP contribution in [0.15, 0.2) is 6.20 Å². The summed E-state index contributed by atoms with van der Waals surface area (Å²) in [6, 6.07) is 0. The molecule has 0 atom stereocenters. The Bertz CT molecular complexity index is 438. The fourth-order valence-electron chi connectivity index (χ4n) is 5.34. The van der Waals surface area contributed by atoms with Crippen molar-refractivity contribution in [3.8, 4) is 0 Å². The van der Waals surface area contributed by atoms with Crippen LogP contribution in [0, 0.1) is 29.6 Å². The number of nitrogens with two attached hydrogens (primary N) is 1. The van der Waals surface area contributed by atoms with E-state index in [0.717, 1.165) is 41.8 Å². The minimum atomic E-state index is 0.700. The van der Waals surface area contributed by atoms with Crippen molar-refractivity contribution < 1.29 is 0 Å². The zero-order chi connectivity index (χ0) is 13.0. The Morgan fingerprint density at radius 3 is 2.37 bits per heavy atom. The molecule has 0 aliphatic heterocycles. The van der Waals surface area contributed by atoms with Crippen LogP contribution in [0.3, 0.4) is 0 Å². The van der Waals surface area contributed by atoms with Gasteiger partial charge >= 0.3 is 0 Å². The van der Waals surface area contributed by atoms with Crippen molar-refractivity contribution in [1.29, 1.82) is 0 Å². The Labute approximate surface area is 114 Å². The predicted octanol–water partition coefficient (Wildman–Crippen LogP) is 2.50. The zero-order valence-corrected chi connectivity index (χ0v) is 11.7. The molecule has 3 N–H and O–H groups in total. The fraction of sp³-hybridized carbons (Fsp3) is 0.800. The number of aromatic nitrogens is 2. The first-order valence-corrected chi connectivity index (χ1v) is 7.70. The topological polar surface area (TPSA) is 57.9 Å². The molecule has 0 unspecified atom stereocenters. The predicted molar refractivity (Wildman–Crippen MR) is 76.8 cm³/mol. The Morgan fingerprint density at radius 1 is 1.21 bits per heavy atom. The van der Waals surface area contributed by atoms with E-state index in [0.29, 0.717) is 5.82 Å².